The van der Waals surface area contributed by atoms with Crippen LogP contribution >= 0.6 is 0 Å². The first-order chi connectivity index (χ1) is 15.8. The molecule has 5 aromatic carbocycles. The van der Waals surface area contributed by atoms with Crippen LogP contribution in [0.2, 0.25) is 0 Å². The summed E-state index contributed by atoms with van der Waals surface area (Å²) in [5.41, 5.74) is 15.2. The zero-order valence-corrected chi connectivity index (χ0v) is 17.8. The molecule has 0 bridgehead atoms. The second-order valence-electron chi connectivity index (χ2n) is 8.67. The fourth-order valence-corrected chi connectivity index (χ4v) is 5.45. The van der Waals surface area contributed by atoms with E-state index in [9.17, 15) is 0 Å². The number of hydrogen-bond acceptors (Lipinski definition) is 1. The molecule has 2 aliphatic rings. The van der Waals surface area contributed by atoms with Crippen LogP contribution in [0.5, 0.6) is 0 Å². The van der Waals surface area contributed by atoms with Gasteiger partial charge in [-0.15, -0.1) is 0 Å². The Balaban J connectivity index is 1.74. The second-order valence-corrected chi connectivity index (χ2v) is 8.67. The average molecular weight is 408 g/mol. The number of rotatable bonds is 0. The molecular weight excluding hydrogens is 386 g/mol. The highest BCUT2D eigenvalue weighted by Gasteiger charge is 2.32. The SMILES string of the molecule is Cc1ccc2c(c1)-c1ccccc1N1c3ccccc3-c3ccccc3-c3cccc-2c31. The van der Waals surface area contributed by atoms with Crippen molar-refractivity contribution in [2.24, 2.45) is 0 Å². The maximum Gasteiger partial charge on any atom is 0.0619 e. The summed E-state index contributed by atoms with van der Waals surface area (Å²) >= 11 is 0. The van der Waals surface area contributed by atoms with E-state index >= 15 is 0 Å². The van der Waals surface area contributed by atoms with Gasteiger partial charge in [-0.05, 0) is 41.3 Å². The molecule has 5 aromatic rings. The third-order valence-electron chi connectivity index (χ3n) is 6.81. The van der Waals surface area contributed by atoms with Gasteiger partial charge in [0.05, 0.1) is 17.1 Å². The number of hydrogen-bond donors (Lipinski definition) is 0. The number of nitrogens with zero attached hydrogens (tertiary/aromatic N) is 1. The molecule has 0 unspecified atom stereocenters. The molecular formula is C31H21N. The van der Waals surface area contributed by atoms with Crippen molar-refractivity contribution < 1.29 is 0 Å². The molecule has 2 aliphatic heterocycles. The molecule has 0 spiro atoms. The molecule has 7 rings (SSSR count). The molecule has 32 heavy (non-hydrogen) atoms. The van der Waals surface area contributed by atoms with Gasteiger partial charge in [0.1, 0.15) is 0 Å². The summed E-state index contributed by atoms with van der Waals surface area (Å²) < 4.78 is 0. The Labute approximate surface area is 188 Å². The summed E-state index contributed by atoms with van der Waals surface area (Å²) in [6.07, 6.45) is 0. The number of fused-ring (bicyclic) bond motifs is 10. The molecule has 2 heterocycles. The quantitative estimate of drug-likeness (QED) is 0.243. The third kappa shape index (κ3) is 2.28. The Hall–Kier alpha value is -4.10. The zero-order valence-electron chi connectivity index (χ0n) is 17.8. The lowest BCUT2D eigenvalue weighted by Gasteiger charge is -2.28. The van der Waals surface area contributed by atoms with Gasteiger partial charge >= 0.3 is 0 Å². The van der Waals surface area contributed by atoms with Crippen LogP contribution < -0.4 is 4.90 Å². The van der Waals surface area contributed by atoms with E-state index in [1.807, 2.05) is 0 Å². The van der Waals surface area contributed by atoms with Crippen molar-refractivity contribution in [1.82, 2.24) is 0 Å². The topological polar surface area (TPSA) is 3.24 Å². The van der Waals surface area contributed by atoms with Crippen LogP contribution in [-0.2, 0) is 0 Å². The maximum atomic E-state index is 2.49. The molecule has 0 saturated carbocycles. The Morgan fingerprint density at radius 3 is 1.53 bits per heavy atom. The maximum absolute atomic E-state index is 2.49. The molecule has 150 valence electrons. The van der Waals surface area contributed by atoms with Crippen LogP contribution in [-0.4, -0.2) is 0 Å². The first-order valence-electron chi connectivity index (χ1n) is 11.1. The number of para-hydroxylation sites is 3. The minimum absolute atomic E-state index is 1.23. The van der Waals surface area contributed by atoms with E-state index in [1.165, 1.54) is 67.1 Å². The van der Waals surface area contributed by atoms with Crippen LogP contribution in [0.1, 0.15) is 5.56 Å². The Morgan fingerprint density at radius 2 is 0.875 bits per heavy atom. The summed E-state index contributed by atoms with van der Waals surface area (Å²) in [6, 6.07) is 40.1. The number of benzene rings is 5. The molecule has 0 atom stereocenters. The van der Waals surface area contributed by atoms with Crippen LogP contribution in [0, 0.1) is 6.92 Å². The molecule has 0 saturated heterocycles. The first kappa shape index (κ1) is 17.6. The van der Waals surface area contributed by atoms with Crippen molar-refractivity contribution in [2.75, 3.05) is 4.90 Å². The molecule has 0 amide bonds. The lowest BCUT2D eigenvalue weighted by atomic mass is 9.89. The van der Waals surface area contributed by atoms with Crippen LogP contribution in [0.3, 0.4) is 0 Å². The minimum atomic E-state index is 1.23. The Kier molecular flexibility index (Phi) is 3.54. The van der Waals surface area contributed by atoms with Crippen molar-refractivity contribution >= 4 is 17.1 Å². The number of aryl methyl sites for hydroxylation is 1. The van der Waals surface area contributed by atoms with Gasteiger partial charge in [0.25, 0.3) is 0 Å². The van der Waals surface area contributed by atoms with Crippen molar-refractivity contribution in [3.63, 3.8) is 0 Å². The van der Waals surface area contributed by atoms with Gasteiger partial charge < -0.3 is 4.90 Å². The smallest absolute Gasteiger partial charge is 0.0619 e. The monoisotopic (exact) mass is 407 g/mol. The van der Waals surface area contributed by atoms with Gasteiger partial charge in [-0.25, -0.2) is 0 Å². The summed E-state index contributed by atoms with van der Waals surface area (Å²) in [5.74, 6) is 0. The summed E-state index contributed by atoms with van der Waals surface area (Å²) in [7, 11) is 0. The largest absolute Gasteiger partial charge is 0.308 e. The van der Waals surface area contributed by atoms with Gasteiger partial charge in [0, 0.05) is 22.3 Å². The van der Waals surface area contributed by atoms with Gasteiger partial charge in [-0.3, -0.25) is 0 Å². The highest BCUT2D eigenvalue weighted by molar-refractivity contribution is 6.11. The van der Waals surface area contributed by atoms with E-state index in [-0.39, 0.29) is 0 Å². The third-order valence-corrected chi connectivity index (χ3v) is 6.81. The molecule has 0 aliphatic carbocycles. The van der Waals surface area contributed by atoms with E-state index in [1.54, 1.807) is 0 Å². The van der Waals surface area contributed by atoms with Crippen molar-refractivity contribution in [2.45, 2.75) is 6.92 Å². The normalized spacial score (nSPS) is 12.5. The summed E-state index contributed by atoms with van der Waals surface area (Å²) in [4.78, 5) is 2.49. The van der Waals surface area contributed by atoms with Crippen molar-refractivity contribution in [1.29, 1.82) is 0 Å². The van der Waals surface area contributed by atoms with Gasteiger partial charge in [-0.2, -0.15) is 0 Å². The highest BCUT2D eigenvalue weighted by atomic mass is 15.2. The molecule has 0 N–H and O–H groups in total. The predicted octanol–water partition coefficient (Wildman–Crippen LogP) is 8.76. The van der Waals surface area contributed by atoms with E-state index in [2.05, 4.69) is 121 Å². The summed E-state index contributed by atoms with van der Waals surface area (Å²) in [6.45, 7) is 2.18. The van der Waals surface area contributed by atoms with Crippen LogP contribution in [0.25, 0.3) is 44.5 Å². The fraction of sp³-hybridized carbons (Fsp3) is 0.0323. The first-order valence-corrected chi connectivity index (χ1v) is 11.1. The van der Waals surface area contributed by atoms with Gasteiger partial charge in [0.2, 0.25) is 0 Å². The molecule has 1 heteroatoms. The number of anilines is 3. The van der Waals surface area contributed by atoms with Crippen molar-refractivity contribution in [3.05, 3.63) is 115 Å². The molecule has 0 fully saturated rings. The molecule has 0 radical (unpaired) electrons. The molecule has 0 aromatic heterocycles. The predicted molar refractivity (Wildman–Crippen MR) is 135 cm³/mol. The standard InChI is InChI=1S/C31H21N/c1-20-17-18-23-27-14-8-13-26-22-10-3-2-9-21(22)24-11-4-6-15-29(24)32(31(26)27)30-16-7-5-12-25(30)28(23)19-20/h2-19H,1H3. The van der Waals surface area contributed by atoms with Crippen molar-refractivity contribution in [3.8, 4) is 44.5 Å². The minimum Gasteiger partial charge on any atom is -0.308 e. The average Bonchev–Trinajstić information content (AvgIpc) is 3.05. The lowest BCUT2D eigenvalue weighted by molar-refractivity contribution is 1.31. The van der Waals surface area contributed by atoms with E-state index < -0.39 is 0 Å². The molecule has 1 nitrogen and oxygen atoms in total. The lowest BCUT2D eigenvalue weighted by Crippen LogP contribution is -2.11. The summed E-state index contributed by atoms with van der Waals surface area (Å²) in [5, 5.41) is 0. The van der Waals surface area contributed by atoms with Gasteiger partial charge in [0.15, 0.2) is 0 Å². The fourth-order valence-electron chi connectivity index (χ4n) is 5.45. The zero-order chi connectivity index (χ0) is 21.2. The Morgan fingerprint density at radius 1 is 0.406 bits per heavy atom. The highest BCUT2D eigenvalue weighted by Crippen LogP contribution is 2.57. The van der Waals surface area contributed by atoms with Crippen LogP contribution in [0.15, 0.2) is 109 Å². The Bertz CT molecular complexity index is 1540. The van der Waals surface area contributed by atoms with Crippen LogP contribution in [0.4, 0.5) is 17.1 Å². The van der Waals surface area contributed by atoms with E-state index in [0.717, 1.165) is 0 Å². The second kappa shape index (κ2) is 6.45. The van der Waals surface area contributed by atoms with Gasteiger partial charge in [-0.1, -0.05) is 103 Å². The van der Waals surface area contributed by atoms with E-state index in [4.69, 9.17) is 0 Å². The van der Waals surface area contributed by atoms with E-state index in [0.29, 0.717) is 0 Å².